The number of nitrogens with zero attached hydrogens (tertiary/aromatic N) is 1. The van der Waals surface area contributed by atoms with Crippen LogP contribution < -0.4 is 5.73 Å². The molecule has 0 aromatic carbocycles. The van der Waals surface area contributed by atoms with Gasteiger partial charge < -0.3 is 5.73 Å². The van der Waals surface area contributed by atoms with Crippen LogP contribution in [0.25, 0.3) is 0 Å². The first-order chi connectivity index (χ1) is 7.79. The topological polar surface area (TPSA) is 63.4 Å². The highest BCUT2D eigenvalue weighted by Gasteiger charge is 2.46. The van der Waals surface area contributed by atoms with Gasteiger partial charge in [-0.25, -0.2) is 8.42 Å². The number of nitrogens with two attached hydrogens (primary N) is 1. The van der Waals surface area contributed by atoms with Crippen molar-refractivity contribution < 1.29 is 8.42 Å². The number of rotatable bonds is 2. The molecule has 1 atom stereocenters. The van der Waals surface area contributed by atoms with Gasteiger partial charge in [-0.3, -0.25) is 4.90 Å². The predicted octanol–water partition coefficient (Wildman–Crippen LogP) is 0.624. The average molecular weight is 260 g/mol. The van der Waals surface area contributed by atoms with Crippen LogP contribution in [-0.4, -0.2) is 50.0 Å². The van der Waals surface area contributed by atoms with Crippen LogP contribution in [0.15, 0.2) is 0 Å². The van der Waals surface area contributed by atoms with Gasteiger partial charge in [-0.05, 0) is 31.2 Å². The van der Waals surface area contributed by atoms with E-state index in [4.69, 9.17) is 5.73 Å². The molecule has 0 aromatic rings. The van der Waals surface area contributed by atoms with E-state index in [0.717, 1.165) is 32.4 Å². The Hall–Kier alpha value is -0.130. The quantitative estimate of drug-likeness (QED) is 0.791. The minimum atomic E-state index is -2.90. The highest BCUT2D eigenvalue weighted by molar-refractivity contribution is 7.91. The van der Waals surface area contributed by atoms with Gasteiger partial charge in [-0.2, -0.15) is 0 Å². The lowest BCUT2D eigenvalue weighted by atomic mass is 9.91. The Bertz CT molecular complexity index is 391. The predicted molar refractivity (Wildman–Crippen MR) is 69.6 cm³/mol. The number of hydrogen-bond acceptors (Lipinski definition) is 4. The maximum atomic E-state index is 11.9. The molecule has 5 heteroatoms. The lowest BCUT2D eigenvalue weighted by Gasteiger charge is -2.44. The van der Waals surface area contributed by atoms with E-state index in [1.165, 1.54) is 0 Å². The number of sulfone groups is 1. The largest absolute Gasteiger partial charge is 0.329 e. The Morgan fingerprint density at radius 1 is 1.29 bits per heavy atom. The van der Waals surface area contributed by atoms with Crippen molar-refractivity contribution in [2.24, 2.45) is 11.1 Å². The smallest absolute Gasteiger partial charge is 0.152 e. The number of likely N-dealkylation sites (tertiary alicyclic amines) is 1. The van der Waals surface area contributed by atoms with E-state index in [-0.39, 0.29) is 11.3 Å². The minimum Gasteiger partial charge on any atom is -0.329 e. The zero-order valence-electron chi connectivity index (χ0n) is 10.9. The summed E-state index contributed by atoms with van der Waals surface area (Å²) in [5, 5.41) is 0. The zero-order valence-corrected chi connectivity index (χ0v) is 11.7. The van der Waals surface area contributed by atoms with E-state index < -0.39 is 9.84 Å². The van der Waals surface area contributed by atoms with Crippen LogP contribution in [0.2, 0.25) is 0 Å². The molecular weight excluding hydrogens is 236 g/mol. The maximum absolute atomic E-state index is 11.9. The van der Waals surface area contributed by atoms with Crippen molar-refractivity contribution in [3.63, 3.8) is 0 Å². The summed E-state index contributed by atoms with van der Waals surface area (Å²) in [5.41, 5.74) is 5.93. The molecule has 2 fully saturated rings. The summed E-state index contributed by atoms with van der Waals surface area (Å²) >= 11 is 0. The fraction of sp³-hybridized carbons (Fsp3) is 1.00. The van der Waals surface area contributed by atoms with Gasteiger partial charge in [0.1, 0.15) is 0 Å². The monoisotopic (exact) mass is 260 g/mol. The molecule has 2 saturated heterocycles. The first-order valence-electron chi connectivity index (χ1n) is 6.44. The molecule has 1 unspecified atom stereocenters. The van der Waals surface area contributed by atoms with Gasteiger partial charge in [0.05, 0.1) is 11.5 Å². The van der Waals surface area contributed by atoms with Gasteiger partial charge in [0.15, 0.2) is 9.84 Å². The second-order valence-corrected chi connectivity index (χ2v) is 8.64. The molecule has 0 radical (unpaired) electrons. The van der Waals surface area contributed by atoms with Crippen LogP contribution in [0, 0.1) is 5.41 Å². The summed E-state index contributed by atoms with van der Waals surface area (Å²) in [7, 11) is -2.90. The van der Waals surface area contributed by atoms with Crippen molar-refractivity contribution in [2.45, 2.75) is 38.6 Å². The highest BCUT2D eigenvalue weighted by atomic mass is 32.2. The van der Waals surface area contributed by atoms with E-state index in [0.29, 0.717) is 17.7 Å². The van der Waals surface area contributed by atoms with Crippen LogP contribution in [0.3, 0.4) is 0 Å². The van der Waals surface area contributed by atoms with Gasteiger partial charge >= 0.3 is 0 Å². The second kappa shape index (κ2) is 4.21. The van der Waals surface area contributed by atoms with E-state index in [2.05, 4.69) is 18.7 Å². The first kappa shape index (κ1) is 13.3. The lowest BCUT2D eigenvalue weighted by molar-refractivity contribution is 0.117. The Morgan fingerprint density at radius 3 is 2.47 bits per heavy atom. The maximum Gasteiger partial charge on any atom is 0.152 e. The standard InChI is InChI=1S/C12H24N2O2S/c1-11(2)5-6-14(9-11)12(8-13)4-3-7-17(15,16)10-12/h3-10,13H2,1-2H3. The third kappa shape index (κ3) is 2.66. The molecule has 2 N–H and O–H groups in total. The van der Waals surface area contributed by atoms with Crippen molar-refractivity contribution in [3.8, 4) is 0 Å². The molecule has 2 rings (SSSR count). The summed E-state index contributed by atoms with van der Waals surface area (Å²) in [6.45, 7) is 6.91. The Balaban J connectivity index is 2.20. The van der Waals surface area contributed by atoms with Crippen molar-refractivity contribution >= 4 is 9.84 Å². The van der Waals surface area contributed by atoms with Crippen molar-refractivity contribution in [1.82, 2.24) is 4.90 Å². The first-order valence-corrected chi connectivity index (χ1v) is 8.26. The molecule has 2 heterocycles. The summed E-state index contributed by atoms with van der Waals surface area (Å²) in [6, 6.07) is 0. The van der Waals surface area contributed by atoms with E-state index >= 15 is 0 Å². The molecular formula is C12H24N2O2S. The minimum absolute atomic E-state index is 0.257. The van der Waals surface area contributed by atoms with E-state index in [1.54, 1.807) is 0 Å². The van der Waals surface area contributed by atoms with Crippen LogP contribution >= 0.6 is 0 Å². The van der Waals surface area contributed by atoms with E-state index in [1.807, 2.05) is 0 Å². The Morgan fingerprint density at radius 2 is 2.00 bits per heavy atom. The molecule has 4 nitrogen and oxygen atoms in total. The van der Waals surface area contributed by atoms with Gasteiger partial charge in [0, 0.05) is 18.6 Å². The Kier molecular flexibility index (Phi) is 3.30. The lowest BCUT2D eigenvalue weighted by Crippen LogP contribution is -2.59. The molecule has 2 aliphatic rings. The fourth-order valence-corrected chi connectivity index (χ4v) is 5.22. The van der Waals surface area contributed by atoms with Crippen LogP contribution in [0.1, 0.15) is 33.1 Å². The molecule has 17 heavy (non-hydrogen) atoms. The summed E-state index contributed by atoms with van der Waals surface area (Å²) in [5.74, 6) is 0.596. The molecule has 100 valence electrons. The van der Waals surface area contributed by atoms with Crippen LogP contribution in [0.4, 0.5) is 0 Å². The van der Waals surface area contributed by atoms with E-state index in [9.17, 15) is 8.42 Å². The Labute approximate surface area is 104 Å². The third-order valence-corrected chi connectivity index (χ3v) is 6.20. The molecule has 2 aliphatic heterocycles. The van der Waals surface area contributed by atoms with Crippen molar-refractivity contribution in [3.05, 3.63) is 0 Å². The fourth-order valence-electron chi connectivity index (χ4n) is 3.23. The van der Waals surface area contributed by atoms with Gasteiger partial charge in [0.25, 0.3) is 0 Å². The average Bonchev–Trinajstić information content (AvgIpc) is 2.57. The molecule has 0 spiro atoms. The molecule has 0 saturated carbocycles. The zero-order chi connectivity index (χ0) is 12.7. The second-order valence-electron chi connectivity index (χ2n) is 6.46. The molecule has 0 aliphatic carbocycles. The molecule has 0 aromatic heterocycles. The third-order valence-electron chi connectivity index (χ3n) is 4.31. The highest BCUT2D eigenvalue weighted by Crippen LogP contribution is 2.37. The summed E-state index contributed by atoms with van der Waals surface area (Å²) < 4.78 is 23.7. The molecule has 0 bridgehead atoms. The van der Waals surface area contributed by atoms with Crippen LogP contribution in [0.5, 0.6) is 0 Å². The van der Waals surface area contributed by atoms with Gasteiger partial charge in [0.2, 0.25) is 0 Å². The number of hydrogen-bond donors (Lipinski definition) is 1. The summed E-state index contributed by atoms with van der Waals surface area (Å²) in [4.78, 5) is 2.34. The van der Waals surface area contributed by atoms with Gasteiger partial charge in [-0.15, -0.1) is 0 Å². The van der Waals surface area contributed by atoms with Crippen LogP contribution in [-0.2, 0) is 9.84 Å². The van der Waals surface area contributed by atoms with Crippen molar-refractivity contribution in [2.75, 3.05) is 31.1 Å². The molecule has 0 amide bonds. The van der Waals surface area contributed by atoms with Gasteiger partial charge in [-0.1, -0.05) is 13.8 Å². The SMILES string of the molecule is CC1(C)CCN(C2(CN)CCCS(=O)(=O)C2)C1. The summed E-state index contributed by atoms with van der Waals surface area (Å²) in [6.07, 6.45) is 2.82. The van der Waals surface area contributed by atoms with Crippen molar-refractivity contribution in [1.29, 1.82) is 0 Å². The normalized spacial score (nSPS) is 37.1.